The molecule has 148 valence electrons. The van der Waals surface area contributed by atoms with E-state index in [0.717, 1.165) is 36.0 Å². The van der Waals surface area contributed by atoms with Gasteiger partial charge in [0.05, 0.1) is 18.1 Å². The summed E-state index contributed by atoms with van der Waals surface area (Å²) in [6, 6.07) is 5.41. The molecule has 1 amide bonds. The van der Waals surface area contributed by atoms with Crippen molar-refractivity contribution in [2.45, 2.75) is 32.2 Å². The van der Waals surface area contributed by atoms with E-state index in [4.69, 9.17) is 4.74 Å². The predicted octanol–water partition coefficient (Wildman–Crippen LogP) is 2.46. The monoisotopic (exact) mass is 409 g/mol. The second-order valence-electron chi connectivity index (χ2n) is 7.40. The Hall–Kier alpha value is -3.00. The highest BCUT2D eigenvalue weighted by molar-refractivity contribution is 7.18. The molecule has 0 spiro atoms. The third-order valence-corrected chi connectivity index (χ3v) is 6.89. The predicted molar refractivity (Wildman–Crippen MR) is 108 cm³/mol. The van der Waals surface area contributed by atoms with Gasteiger partial charge in [0, 0.05) is 18.0 Å². The van der Waals surface area contributed by atoms with Gasteiger partial charge in [-0.15, -0.1) is 11.3 Å². The lowest BCUT2D eigenvalue weighted by Crippen LogP contribution is -2.37. The Morgan fingerprint density at radius 1 is 1.21 bits per heavy atom. The van der Waals surface area contributed by atoms with Gasteiger partial charge in [0.2, 0.25) is 5.82 Å². The van der Waals surface area contributed by atoms with Gasteiger partial charge in [0.1, 0.15) is 4.83 Å². The summed E-state index contributed by atoms with van der Waals surface area (Å²) in [6.07, 6.45) is 3.63. The van der Waals surface area contributed by atoms with Gasteiger partial charge in [-0.1, -0.05) is 6.07 Å². The lowest BCUT2D eigenvalue weighted by molar-refractivity contribution is 0.0600. The molecule has 5 rings (SSSR count). The number of aryl methyl sites for hydroxylation is 2. The second-order valence-corrected chi connectivity index (χ2v) is 8.49. The van der Waals surface area contributed by atoms with E-state index >= 15 is 0 Å². The number of nitrogens with one attached hydrogen (secondary N) is 1. The lowest BCUT2D eigenvalue weighted by Gasteiger charge is -2.28. The van der Waals surface area contributed by atoms with E-state index in [2.05, 4.69) is 9.97 Å². The Bertz CT molecular complexity index is 1230. The smallest absolute Gasteiger partial charge is 0.337 e. The van der Waals surface area contributed by atoms with Gasteiger partial charge >= 0.3 is 5.97 Å². The summed E-state index contributed by atoms with van der Waals surface area (Å²) < 4.78 is 4.78. The van der Waals surface area contributed by atoms with E-state index in [9.17, 15) is 14.4 Å². The number of aromatic nitrogens is 2. The molecule has 0 radical (unpaired) electrons. The first-order valence-electron chi connectivity index (χ1n) is 9.59. The number of ether oxygens (including phenoxy) is 1. The molecule has 0 saturated heterocycles. The van der Waals surface area contributed by atoms with Crippen molar-refractivity contribution >= 4 is 33.4 Å². The van der Waals surface area contributed by atoms with Crippen molar-refractivity contribution in [3.8, 4) is 0 Å². The first kappa shape index (κ1) is 18.1. The normalized spacial score (nSPS) is 15.3. The van der Waals surface area contributed by atoms with E-state index in [1.807, 2.05) is 6.07 Å². The molecule has 7 nitrogen and oxygen atoms in total. The minimum Gasteiger partial charge on any atom is -0.465 e. The molecule has 2 aliphatic rings. The highest BCUT2D eigenvalue weighted by Gasteiger charge is 2.27. The second kappa shape index (κ2) is 6.81. The molecule has 0 atom stereocenters. The molecular weight excluding hydrogens is 390 g/mol. The number of esters is 1. The van der Waals surface area contributed by atoms with E-state index in [1.165, 1.54) is 23.3 Å². The number of aromatic amines is 1. The molecule has 1 N–H and O–H groups in total. The summed E-state index contributed by atoms with van der Waals surface area (Å²) in [5, 5.41) is 0.644. The van der Waals surface area contributed by atoms with E-state index in [0.29, 0.717) is 35.3 Å². The number of hydrogen-bond donors (Lipinski definition) is 1. The average molecular weight is 409 g/mol. The fraction of sp³-hybridized carbons (Fsp3) is 0.333. The number of thiophene rings is 1. The zero-order valence-electron chi connectivity index (χ0n) is 15.9. The first-order chi connectivity index (χ1) is 14.0. The molecule has 0 unspecified atom stereocenters. The van der Waals surface area contributed by atoms with Crippen LogP contribution in [0.15, 0.2) is 23.0 Å². The Balaban J connectivity index is 1.46. The van der Waals surface area contributed by atoms with Crippen molar-refractivity contribution in [2.24, 2.45) is 0 Å². The van der Waals surface area contributed by atoms with Gasteiger partial charge in [-0.25, -0.2) is 9.78 Å². The lowest BCUT2D eigenvalue weighted by atomic mass is 9.97. The highest BCUT2D eigenvalue weighted by atomic mass is 32.1. The van der Waals surface area contributed by atoms with Gasteiger partial charge < -0.3 is 14.6 Å². The molecule has 1 aromatic carbocycles. The quantitative estimate of drug-likeness (QED) is 0.657. The third-order valence-electron chi connectivity index (χ3n) is 5.70. The highest BCUT2D eigenvalue weighted by Crippen LogP contribution is 2.34. The van der Waals surface area contributed by atoms with Crippen molar-refractivity contribution < 1.29 is 14.3 Å². The van der Waals surface area contributed by atoms with Gasteiger partial charge in [0.15, 0.2) is 0 Å². The molecule has 29 heavy (non-hydrogen) atoms. The van der Waals surface area contributed by atoms with Crippen LogP contribution >= 0.6 is 11.3 Å². The molecule has 2 aromatic heterocycles. The van der Waals surface area contributed by atoms with Crippen LogP contribution in [0.1, 0.15) is 49.0 Å². The summed E-state index contributed by atoms with van der Waals surface area (Å²) >= 11 is 1.52. The van der Waals surface area contributed by atoms with Gasteiger partial charge in [0.25, 0.3) is 11.5 Å². The number of nitrogens with zero attached hydrogens (tertiary/aromatic N) is 2. The van der Waals surface area contributed by atoms with E-state index < -0.39 is 5.97 Å². The van der Waals surface area contributed by atoms with E-state index in [1.54, 1.807) is 17.0 Å². The zero-order chi connectivity index (χ0) is 20.1. The van der Waals surface area contributed by atoms with Gasteiger partial charge in [-0.05, 0) is 54.5 Å². The van der Waals surface area contributed by atoms with Crippen LogP contribution in [0.2, 0.25) is 0 Å². The van der Waals surface area contributed by atoms with Crippen molar-refractivity contribution in [1.82, 2.24) is 14.9 Å². The fourth-order valence-electron chi connectivity index (χ4n) is 4.23. The maximum Gasteiger partial charge on any atom is 0.337 e. The summed E-state index contributed by atoms with van der Waals surface area (Å²) in [7, 11) is 1.34. The van der Waals surface area contributed by atoms with E-state index in [-0.39, 0.29) is 17.3 Å². The standard InChI is InChI=1S/C21H19N3O4S/c1-28-21(27)12-6-5-11-7-8-24(10-13(11)9-12)20(26)17-22-18(25)16-14-3-2-4-15(14)29-19(16)23-17/h5-6,9H,2-4,7-8,10H2,1H3,(H,22,23,25). The molecule has 1 aliphatic heterocycles. The molecule has 3 aromatic rings. The molecular formula is C21H19N3O4S. The van der Waals surface area contributed by atoms with Crippen molar-refractivity contribution in [3.05, 3.63) is 61.5 Å². The first-order valence-corrected chi connectivity index (χ1v) is 10.4. The number of rotatable bonds is 2. The van der Waals surface area contributed by atoms with Crippen molar-refractivity contribution in [3.63, 3.8) is 0 Å². The molecule has 0 saturated carbocycles. The summed E-state index contributed by atoms with van der Waals surface area (Å²) in [5.41, 5.74) is 3.34. The summed E-state index contributed by atoms with van der Waals surface area (Å²) in [5.74, 6) is -0.625. The number of methoxy groups -OCH3 is 1. The largest absolute Gasteiger partial charge is 0.465 e. The zero-order valence-corrected chi connectivity index (χ0v) is 16.7. The number of fused-ring (bicyclic) bond motifs is 4. The number of hydrogen-bond acceptors (Lipinski definition) is 6. The number of carbonyl (C=O) groups is 2. The Morgan fingerprint density at radius 2 is 2.07 bits per heavy atom. The number of carbonyl (C=O) groups excluding carboxylic acids is 2. The van der Waals surface area contributed by atoms with Crippen molar-refractivity contribution in [2.75, 3.05) is 13.7 Å². The van der Waals surface area contributed by atoms with Gasteiger partial charge in [-0.2, -0.15) is 0 Å². The van der Waals surface area contributed by atoms with Crippen LogP contribution in [0.3, 0.4) is 0 Å². The molecule has 8 heteroatoms. The summed E-state index contributed by atoms with van der Waals surface area (Å²) in [6.45, 7) is 0.897. The minimum absolute atomic E-state index is 0.0787. The number of amides is 1. The SMILES string of the molecule is COC(=O)c1ccc2c(c1)CN(C(=O)c1nc3sc4c(c3c(=O)[nH]1)CCC4)CC2. The Labute approximate surface area is 170 Å². The van der Waals surface area contributed by atoms with Crippen LogP contribution in [-0.2, 0) is 30.5 Å². The number of benzene rings is 1. The fourth-order valence-corrected chi connectivity index (χ4v) is 5.49. The molecule has 1 aliphatic carbocycles. The Morgan fingerprint density at radius 3 is 2.90 bits per heavy atom. The summed E-state index contributed by atoms with van der Waals surface area (Å²) in [4.78, 5) is 48.2. The maximum atomic E-state index is 13.1. The van der Waals surface area contributed by atoms with Crippen LogP contribution in [0, 0.1) is 0 Å². The van der Waals surface area contributed by atoms with Crippen LogP contribution in [0.4, 0.5) is 0 Å². The van der Waals surface area contributed by atoms with Crippen LogP contribution in [0.25, 0.3) is 10.2 Å². The Kier molecular flexibility index (Phi) is 4.24. The van der Waals surface area contributed by atoms with Gasteiger partial charge in [-0.3, -0.25) is 9.59 Å². The van der Waals surface area contributed by atoms with Crippen molar-refractivity contribution in [1.29, 1.82) is 0 Å². The maximum absolute atomic E-state index is 13.1. The molecule has 0 bridgehead atoms. The topological polar surface area (TPSA) is 92.4 Å². The van der Waals surface area contributed by atoms with Crippen LogP contribution < -0.4 is 5.56 Å². The third kappa shape index (κ3) is 2.95. The van der Waals surface area contributed by atoms with Crippen LogP contribution in [-0.4, -0.2) is 40.4 Å². The molecule has 3 heterocycles. The average Bonchev–Trinajstić information content (AvgIpc) is 3.32. The molecule has 0 fully saturated rings. The minimum atomic E-state index is -0.404. The van der Waals surface area contributed by atoms with Crippen LogP contribution in [0.5, 0.6) is 0 Å². The number of H-pyrrole nitrogens is 1.